The lowest BCUT2D eigenvalue weighted by Crippen LogP contribution is -2.26. The van der Waals surface area contributed by atoms with Crippen LogP contribution in [0.15, 0.2) is 36.9 Å². The molecule has 2 aromatic rings. The summed E-state index contributed by atoms with van der Waals surface area (Å²) in [6.07, 6.45) is 8.12. The number of carbonyl (C=O) groups is 1. The molecule has 1 aliphatic rings. The highest BCUT2D eigenvalue weighted by atomic mass is 16.7. The maximum atomic E-state index is 12.0. The van der Waals surface area contributed by atoms with Gasteiger partial charge in [0.2, 0.25) is 0 Å². The van der Waals surface area contributed by atoms with E-state index >= 15 is 0 Å². The molecule has 0 aromatic carbocycles. The Morgan fingerprint density at radius 1 is 1.32 bits per heavy atom. The average molecular weight is 302 g/mol. The highest BCUT2D eigenvalue weighted by Gasteiger charge is 2.14. The van der Waals surface area contributed by atoms with Crippen molar-refractivity contribution in [2.24, 2.45) is 0 Å². The summed E-state index contributed by atoms with van der Waals surface area (Å²) < 4.78 is 12.7. The molecular weight excluding hydrogens is 284 g/mol. The Bertz CT molecular complexity index is 608. The first-order chi connectivity index (χ1) is 10.8. The number of anilines is 1. The largest absolute Gasteiger partial charge is 0.353 e. The van der Waals surface area contributed by atoms with Crippen LogP contribution >= 0.6 is 0 Å². The van der Waals surface area contributed by atoms with Crippen LogP contribution in [0.2, 0.25) is 0 Å². The van der Waals surface area contributed by atoms with Gasteiger partial charge in [-0.3, -0.25) is 14.5 Å². The van der Waals surface area contributed by atoms with Crippen molar-refractivity contribution in [1.29, 1.82) is 0 Å². The third kappa shape index (κ3) is 3.90. The summed E-state index contributed by atoms with van der Waals surface area (Å²) in [5.41, 5.74) is 1.22. The van der Waals surface area contributed by atoms with Crippen molar-refractivity contribution in [2.75, 3.05) is 18.5 Å². The van der Waals surface area contributed by atoms with Crippen molar-refractivity contribution in [3.63, 3.8) is 0 Å². The third-order valence-electron chi connectivity index (χ3n) is 3.32. The molecule has 0 bridgehead atoms. The summed E-state index contributed by atoms with van der Waals surface area (Å²) in [4.78, 5) is 15.9. The van der Waals surface area contributed by atoms with Gasteiger partial charge in [-0.1, -0.05) is 0 Å². The van der Waals surface area contributed by atoms with Crippen molar-refractivity contribution in [1.82, 2.24) is 14.8 Å². The highest BCUT2D eigenvalue weighted by molar-refractivity contribution is 6.03. The molecule has 7 nitrogen and oxygen atoms in total. The molecule has 3 heterocycles. The lowest BCUT2D eigenvalue weighted by Gasteiger charge is -2.22. The minimum Gasteiger partial charge on any atom is -0.353 e. The van der Waals surface area contributed by atoms with E-state index in [4.69, 9.17) is 9.47 Å². The van der Waals surface area contributed by atoms with Crippen LogP contribution in [0.5, 0.6) is 0 Å². The van der Waals surface area contributed by atoms with Crippen LogP contribution in [0, 0.1) is 0 Å². The van der Waals surface area contributed by atoms with Crippen molar-refractivity contribution in [2.45, 2.75) is 25.7 Å². The van der Waals surface area contributed by atoms with Gasteiger partial charge in [-0.25, -0.2) is 0 Å². The highest BCUT2D eigenvalue weighted by Crippen LogP contribution is 2.12. The van der Waals surface area contributed by atoms with E-state index in [1.807, 2.05) is 0 Å². The Morgan fingerprint density at radius 2 is 2.09 bits per heavy atom. The molecular formula is C15H18N4O3. The van der Waals surface area contributed by atoms with Crippen LogP contribution in [-0.2, 0) is 16.0 Å². The first kappa shape index (κ1) is 14.7. The molecule has 0 aliphatic carbocycles. The summed E-state index contributed by atoms with van der Waals surface area (Å²) in [5.74, 6) is -0.180. The molecule has 116 valence electrons. The first-order valence-corrected chi connectivity index (χ1v) is 7.28. The van der Waals surface area contributed by atoms with Crippen molar-refractivity contribution in [3.8, 4) is 0 Å². The Hall–Kier alpha value is -2.25. The fourth-order valence-electron chi connectivity index (χ4n) is 2.20. The van der Waals surface area contributed by atoms with Crippen molar-refractivity contribution >= 4 is 11.6 Å². The monoisotopic (exact) mass is 302 g/mol. The van der Waals surface area contributed by atoms with Crippen LogP contribution < -0.4 is 5.32 Å². The first-order valence-electron chi connectivity index (χ1n) is 7.28. The van der Waals surface area contributed by atoms with Crippen LogP contribution in [0.4, 0.5) is 5.69 Å². The SMILES string of the molecule is O=C(Nc1cnn(CCC2OCCCO2)c1)c1ccncc1. The minimum atomic E-state index is -0.180. The maximum Gasteiger partial charge on any atom is 0.255 e. The molecule has 0 radical (unpaired) electrons. The lowest BCUT2D eigenvalue weighted by atomic mass is 10.2. The van der Waals surface area contributed by atoms with E-state index in [-0.39, 0.29) is 12.2 Å². The van der Waals surface area contributed by atoms with Gasteiger partial charge < -0.3 is 14.8 Å². The number of amides is 1. The summed E-state index contributed by atoms with van der Waals surface area (Å²) in [5, 5.41) is 7.03. The Balaban J connectivity index is 1.51. The van der Waals surface area contributed by atoms with E-state index in [9.17, 15) is 4.79 Å². The number of nitrogens with one attached hydrogen (secondary N) is 1. The second kappa shape index (κ2) is 7.15. The van der Waals surface area contributed by atoms with Crippen LogP contribution in [0.3, 0.4) is 0 Å². The minimum absolute atomic E-state index is 0.159. The number of aryl methyl sites for hydroxylation is 1. The van der Waals surface area contributed by atoms with Crippen LogP contribution in [0.1, 0.15) is 23.2 Å². The number of carbonyl (C=O) groups excluding carboxylic acids is 1. The predicted octanol–water partition coefficient (Wildman–Crippen LogP) is 1.68. The Morgan fingerprint density at radius 3 is 2.86 bits per heavy atom. The summed E-state index contributed by atoms with van der Waals surface area (Å²) in [7, 11) is 0. The quantitative estimate of drug-likeness (QED) is 0.909. The summed E-state index contributed by atoms with van der Waals surface area (Å²) in [6, 6.07) is 3.33. The zero-order chi connectivity index (χ0) is 15.2. The summed E-state index contributed by atoms with van der Waals surface area (Å²) >= 11 is 0. The van der Waals surface area contributed by atoms with Crippen molar-refractivity contribution in [3.05, 3.63) is 42.5 Å². The number of ether oxygens (including phenoxy) is 2. The van der Waals surface area contributed by atoms with E-state index < -0.39 is 0 Å². The predicted molar refractivity (Wildman–Crippen MR) is 79.3 cm³/mol. The van der Waals surface area contributed by atoms with Gasteiger partial charge in [0.15, 0.2) is 6.29 Å². The van der Waals surface area contributed by atoms with Gasteiger partial charge >= 0.3 is 0 Å². The molecule has 1 amide bonds. The topological polar surface area (TPSA) is 78.3 Å². The standard InChI is InChI=1S/C15H18N4O3/c20-15(12-2-5-16-6-3-12)18-13-10-17-19(11-13)7-4-14-21-8-1-9-22-14/h2-3,5-6,10-11,14H,1,4,7-9H2,(H,18,20). The zero-order valence-electron chi connectivity index (χ0n) is 12.1. The molecule has 1 fully saturated rings. The number of rotatable bonds is 5. The normalized spacial score (nSPS) is 15.6. The van der Waals surface area contributed by atoms with Crippen molar-refractivity contribution < 1.29 is 14.3 Å². The number of nitrogens with zero attached hydrogens (tertiary/aromatic N) is 3. The Kier molecular flexibility index (Phi) is 4.77. The maximum absolute atomic E-state index is 12.0. The molecule has 1 N–H and O–H groups in total. The second-order valence-electron chi connectivity index (χ2n) is 5.00. The van der Waals surface area contributed by atoms with Gasteiger partial charge in [-0.2, -0.15) is 5.10 Å². The third-order valence-corrected chi connectivity index (χ3v) is 3.32. The van der Waals surface area contributed by atoms with Gasteiger partial charge in [0.25, 0.3) is 5.91 Å². The fourth-order valence-corrected chi connectivity index (χ4v) is 2.20. The van der Waals surface area contributed by atoms with E-state index in [0.29, 0.717) is 17.8 Å². The molecule has 7 heteroatoms. The molecule has 22 heavy (non-hydrogen) atoms. The molecule has 0 atom stereocenters. The van der Waals surface area contributed by atoms with Gasteiger partial charge in [-0.05, 0) is 18.6 Å². The van der Waals surface area contributed by atoms with Gasteiger partial charge in [0, 0.05) is 37.1 Å². The zero-order valence-corrected chi connectivity index (χ0v) is 12.1. The van der Waals surface area contributed by atoms with E-state index in [1.54, 1.807) is 41.6 Å². The number of hydrogen-bond donors (Lipinski definition) is 1. The van der Waals surface area contributed by atoms with Gasteiger partial charge in [0.05, 0.1) is 25.1 Å². The molecule has 2 aromatic heterocycles. The summed E-state index contributed by atoms with van der Waals surface area (Å²) in [6.45, 7) is 2.17. The van der Waals surface area contributed by atoms with Gasteiger partial charge in [-0.15, -0.1) is 0 Å². The molecule has 0 saturated carbocycles. The van der Waals surface area contributed by atoms with Crippen LogP contribution in [-0.4, -0.2) is 40.2 Å². The Labute approximate surface area is 128 Å². The number of aromatic nitrogens is 3. The molecule has 1 aliphatic heterocycles. The second-order valence-corrected chi connectivity index (χ2v) is 5.00. The lowest BCUT2D eigenvalue weighted by molar-refractivity contribution is -0.182. The molecule has 3 rings (SSSR count). The van der Waals surface area contributed by atoms with E-state index in [0.717, 1.165) is 26.1 Å². The smallest absolute Gasteiger partial charge is 0.255 e. The molecule has 0 unspecified atom stereocenters. The van der Waals surface area contributed by atoms with Crippen LogP contribution in [0.25, 0.3) is 0 Å². The molecule has 1 saturated heterocycles. The fraction of sp³-hybridized carbons (Fsp3) is 0.400. The number of pyridine rings is 1. The van der Waals surface area contributed by atoms with Gasteiger partial charge in [0.1, 0.15) is 0 Å². The average Bonchev–Trinajstić information content (AvgIpc) is 3.02. The molecule has 0 spiro atoms. The number of hydrogen-bond acceptors (Lipinski definition) is 5. The van der Waals surface area contributed by atoms with E-state index in [2.05, 4.69) is 15.4 Å². The van der Waals surface area contributed by atoms with E-state index in [1.165, 1.54) is 0 Å².